The summed E-state index contributed by atoms with van der Waals surface area (Å²) >= 11 is 0. The lowest BCUT2D eigenvalue weighted by molar-refractivity contribution is 0.0472. The van der Waals surface area contributed by atoms with Gasteiger partial charge in [-0.3, -0.25) is 0 Å². The van der Waals surface area contributed by atoms with Crippen molar-refractivity contribution in [3.8, 4) is 5.75 Å². The van der Waals surface area contributed by atoms with Gasteiger partial charge in [-0.2, -0.15) is 0 Å². The molecule has 0 aromatic heterocycles. The van der Waals surface area contributed by atoms with Crippen molar-refractivity contribution in [3.05, 3.63) is 58.7 Å². The Kier molecular flexibility index (Phi) is 4.48. The van der Waals surface area contributed by atoms with Crippen LogP contribution in [0.2, 0.25) is 0 Å². The molecule has 0 aliphatic carbocycles. The van der Waals surface area contributed by atoms with Gasteiger partial charge in [-0.25, -0.2) is 4.79 Å². The molecule has 2 aromatic rings. The normalized spacial score (nSPS) is 10.2. The highest BCUT2D eigenvalue weighted by Gasteiger charge is 2.10. The first-order valence-corrected chi connectivity index (χ1v) is 6.68. The molecule has 0 radical (unpaired) electrons. The van der Waals surface area contributed by atoms with Gasteiger partial charge in [0.25, 0.3) is 0 Å². The summed E-state index contributed by atoms with van der Waals surface area (Å²) < 4.78 is 10.4. The number of hydrogen-bond donors (Lipinski definition) is 1. The molecule has 0 aliphatic heterocycles. The Labute approximate surface area is 124 Å². The van der Waals surface area contributed by atoms with Gasteiger partial charge >= 0.3 is 5.97 Å². The number of anilines is 1. The van der Waals surface area contributed by atoms with Crippen molar-refractivity contribution < 1.29 is 14.3 Å². The van der Waals surface area contributed by atoms with Crippen molar-refractivity contribution in [2.75, 3.05) is 12.8 Å². The van der Waals surface area contributed by atoms with E-state index in [0.29, 0.717) is 17.0 Å². The van der Waals surface area contributed by atoms with E-state index in [1.165, 1.54) is 18.2 Å². The molecule has 0 bridgehead atoms. The Morgan fingerprint density at radius 2 is 1.86 bits per heavy atom. The second-order valence-electron chi connectivity index (χ2n) is 4.95. The predicted octanol–water partition coefficient (Wildman–Crippen LogP) is 3.25. The minimum atomic E-state index is -0.397. The summed E-state index contributed by atoms with van der Waals surface area (Å²) in [6.07, 6.45) is 0. The van der Waals surface area contributed by atoms with Gasteiger partial charge in [0, 0.05) is 0 Å². The van der Waals surface area contributed by atoms with Crippen molar-refractivity contribution in [2.45, 2.75) is 20.5 Å². The van der Waals surface area contributed by atoms with Crippen LogP contribution in [0.5, 0.6) is 5.75 Å². The molecule has 2 aromatic carbocycles. The van der Waals surface area contributed by atoms with Gasteiger partial charge in [-0.15, -0.1) is 0 Å². The smallest absolute Gasteiger partial charge is 0.338 e. The largest absolute Gasteiger partial charge is 0.495 e. The molecular weight excluding hydrogens is 266 g/mol. The summed E-state index contributed by atoms with van der Waals surface area (Å²) in [6.45, 7) is 4.32. The van der Waals surface area contributed by atoms with Crippen LogP contribution in [0.25, 0.3) is 0 Å². The molecule has 4 heteroatoms. The predicted molar refractivity (Wildman–Crippen MR) is 82.4 cm³/mol. The monoisotopic (exact) mass is 285 g/mol. The Morgan fingerprint density at radius 3 is 2.52 bits per heavy atom. The van der Waals surface area contributed by atoms with Crippen LogP contribution in [0.3, 0.4) is 0 Å². The first-order valence-electron chi connectivity index (χ1n) is 6.68. The number of carbonyl (C=O) groups excluding carboxylic acids is 1. The van der Waals surface area contributed by atoms with E-state index < -0.39 is 5.97 Å². The van der Waals surface area contributed by atoms with Crippen molar-refractivity contribution in [3.63, 3.8) is 0 Å². The number of hydrogen-bond acceptors (Lipinski definition) is 4. The van der Waals surface area contributed by atoms with Gasteiger partial charge < -0.3 is 15.2 Å². The molecule has 0 saturated heterocycles. The summed E-state index contributed by atoms with van der Waals surface area (Å²) in [5.41, 5.74) is 9.99. The van der Waals surface area contributed by atoms with Crippen LogP contribution in [0.1, 0.15) is 27.0 Å². The molecule has 2 N–H and O–H groups in total. The standard InChI is InChI=1S/C17H19NO3/c1-11-4-5-13(8-12(11)2)10-21-17(19)14-6-7-15(18)16(9-14)20-3/h4-9H,10,18H2,1-3H3. The second kappa shape index (κ2) is 6.31. The Bertz CT molecular complexity index is 665. The number of esters is 1. The fourth-order valence-corrected chi connectivity index (χ4v) is 1.96. The molecule has 110 valence electrons. The van der Waals surface area contributed by atoms with E-state index in [0.717, 1.165) is 5.56 Å². The number of nitrogens with two attached hydrogens (primary N) is 1. The maximum absolute atomic E-state index is 12.0. The minimum absolute atomic E-state index is 0.243. The first kappa shape index (κ1) is 14.9. The fraction of sp³-hybridized carbons (Fsp3) is 0.235. The maximum Gasteiger partial charge on any atom is 0.338 e. The lowest BCUT2D eigenvalue weighted by atomic mass is 10.1. The number of aryl methyl sites for hydroxylation is 2. The number of carbonyl (C=O) groups is 1. The zero-order chi connectivity index (χ0) is 15.4. The number of benzene rings is 2. The van der Waals surface area contributed by atoms with E-state index in [1.807, 2.05) is 32.0 Å². The molecule has 0 fully saturated rings. The second-order valence-corrected chi connectivity index (χ2v) is 4.95. The van der Waals surface area contributed by atoms with Crippen LogP contribution in [-0.4, -0.2) is 13.1 Å². The van der Waals surface area contributed by atoms with E-state index in [9.17, 15) is 4.79 Å². The van der Waals surface area contributed by atoms with Crippen molar-refractivity contribution in [1.82, 2.24) is 0 Å². The average Bonchev–Trinajstić information content (AvgIpc) is 2.48. The molecule has 0 atom stereocenters. The quantitative estimate of drug-likeness (QED) is 0.692. The Hall–Kier alpha value is -2.49. The van der Waals surface area contributed by atoms with Gasteiger partial charge in [-0.05, 0) is 48.7 Å². The summed E-state index contributed by atoms with van der Waals surface area (Å²) in [7, 11) is 1.51. The Balaban J connectivity index is 2.06. The van der Waals surface area contributed by atoms with E-state index >= 15 is 0 Å². The van der Waals surface area contributed by atoms with Crippen LogP contribution >= 0.6 is 0 Å². The summed E-state index contributed by atoms with van der Waals surface area (Å²) in [6, 6.07) is 10.8. The highest BCUT2D eigenvalue weighted by Crippen LogP contribution is 2.22. The third-order valence-electron chi connectivity index (χ3n) is 3.41. The first-order chi connectivity index (χ1) is 10.0. The van der Waals surface area contributed by atoms with Gasteiger partial charge in [0.2, 0.25) is 0 Å². The summed E-state index contributed by atoms with van der Waals surface area (Å²) in [4.78, 5) is 12.0. The van der Waals surface area contributed by atoms with Crippen molar-refractivity contribution >= 4 is 11.7 Å². The summed E-state index contributed by atoms with van der Waals surface area (Å²) in [5, 5.41) is 0. The molecule has 4 nitrogen and oxygen atoms in total. The highest BCUT2D eigenvalue weighted by molar-refractivity contribution is 5.90. The topological polar surface area (TPSA) is 61.5 Å². The molecule has 21 heavy (non-hydrogen) atoms. The lowest BCUT2D eigenvalue weighted by Crippen LogP contribution is -2.06. The number of nitrogen functional groups attached to an aromatic ring is 1. The number of rotatable bonds is 4. The zero-order valence-corrected chi connectivity index (χ0v) is 12.5. The number of methoxy groups -OCH3 is 1. The SMILES string of the molecule is COc1cc(C(=O)OCc2ccc(C)c(C)c2)ccc1N. The molecule has 0 aliphatic rings. The third kappa shape index (κ3) is 3.54. The van der Waals surface area contributed by atoms with E-state index in [1.54, 1.807) is 18.2 Å². The van der Waals surface area contributed by atoms with Crippen LogP contribution in [0.4, 0.5) is 5.69 Å². The van der Waals surface area contributed by atoms with E-state index in [4.69, 9.17) is 15.2 Å². The zero-order valence-electron chi connectivity index (χ0n) is 12.5. The van der Waals surface area contributed by atoms with E-state index in [2.05, 4.69) is 0 Å². The van der Waals surface area contributed by atoms with E-state index in [-0.39, 0.29) is 6.61 Å². The van der Waals surface area contributed by atoms with Gasteiger partial charge in [-0.1, -0.05) is 18.2 Å². The van der Waals surface area contributed by atoms with Crippen LogP contribution in [0.15, 0.2) is 36.4 Å². The van der Waals surface area contributed by atoms with Crippen molar-refractivity contribution in [2.24, 2.45) is 0 Å². The number of ether oxygens (including phenoxy) is 2. The third-order valence-corrected chi connectivity index (χ3v) is 3.41. The Morgan fingerprint density at radius 1 is 1.10 bits per heavy atom. The highest BCUT2D eigenvalue weighted by atomic mass is 16.5. The van der Waals surface area contributed by atoms with Gasteiger partial charge in [0.05, 0.1) is 18.4 Å². The molecule has 2 rings (SSSR count). The fourth-order valence-electron chi connectivity index (χ4n) is 1.96. The van der Waals surface area contributed by atoms with Crippen molar-refractivity contribution in [1.29, 1.82) is 0 Å². The molecule has 0 heterocycles. The van der Waals surface area contributed by atoms with Gasteiger partial charge in [0.1, 0.15) is 12.4 Å². The molecular formula is C17H19NO3. The average molecular weight is 285 g/mol. The molecule has 0 saturated carbocycles. The van der Waals surface area contributed by atoms with Crippen LogP contribution in [0, 0.1) is 13.8 Å². The molecule has 0 amide bonds. The van der Waals surface area contributed by atoms with Gasteiger partial charge in [0.15, 0.2) is 0 Å². The minimum Gasteiger partial charge on any atom is -0.495 e. The maximum atomic E-state index is 12.0. The lowest BCUT2D eigenvalue weighted by Gasteiger charge is -2.09. The van der Waals surface area contributed by atoms with Crippen LogP contribution in [-0.2, 0) is 11.3 Å². The summed E-state index contributed by atoms with van der Waals surface area (Å²) in [5.74, 6) is 0.0714. The molecule has 0 spiro atoms. The molecule has 0 unspecified atom stereocenters. The van der Waals surface area contributed by atoms with Crippen LogP contribution < -0.4 is 10.5 Å².